The number of ether oxygens (including phenoxy) is 2. The molecule has 1 aromatic heterocycles. The lowest BCUT2D eigenvalue weighted by Crippen LogP contribution is -2.35. The van der Waals surface area contributed by atoms with Crippen molar-refractivity contribution in [3.05, 3.63) is 69.7 Å². The predicted octanol–water partition coefficient (Wildman–Crippen LogP) is 5.33. The van der Waals surface area contributed by atoms with Crippen molar-refractivity contribution in [1.82, 2.24) is 9.47 Å². The van der Waals surface area contributed by atoms with Gasteiger partial charge in [-0.25, -0.2) is 0 Å². The quantitative estimate of drug-likeness (QED) is 0.288. The Bertz CT molecular complexity index is 1210. The standard InChI is InChI=1S/C26H28Cl2N2O6/c1-35-22-12-17(4-7-21(22)36-11-10-30-23(31)8-9-24(30)32)15-29(14-16-2-3-16)25(26(33)34)18-5-6-19(27)20(28)13-18/h4-9,12-13,16,25,31-32H,2-3,10-11,14-15H2,1H3,(H,33,34)/t25-/m0/s1. The number of aliphatic carboxylic acids is 1. The topological polar surface area (TPSA) is 104 Å². The lowest BCUT2D eigenvalue weighted by atomic mass is 10.0. The summed E-state index contributed by atoms with van der Waals surface area (Å²) < 4.78 is 12.7. The molecule has 0 radical (unpaired) electrons. The number of nitrogens with zero attached hydrogens (tertiary/aromatic N) is 2. The molecule has 3 N–H and O–H groups in total. The van der Waals surface area contributed by atoms with Gasteiger partial charge in [0.15, 0.2) is 23.3 Å². The zero-order chi connectivity index (χ0) is 25.8. The van der Waals surface area contributed by atoms with Crippen molar-refractivity contribution in [3.63, 3.8) is 0 Å². The van der Waals surface area contributed by atoms with Gasteiger partial charge in [0.05, 0.1) is 23.7 Å². The molecule has 36 heavy (non-hydrogen) atoms. The summed E-state index contributed by atoms with van der Waals surface area (Å²) in [6.45, 7) is 1.46. The van der Waals surface area contributed by atoms with Crippen LogP contribution in [0.3, 0.4) is 0 Å². The van der Waals surface area contributed by atoms with E-state index in [2.05, 4.69) is 0 Å². The minimum absolute atomic E-state index is 0.0517. The molecule has 1 heterocycles. The maximum Gasteiger partial charge on any atom is 0.325 e. The van der Waals surface area contributed by atoms with Crippen LogP contribution in [0.25, 0.3) is 0 Å². The van der Waals surface area contributed by atoms with Gasteiger partial charge in [-0.15, -0.1) is 0 Å². The molecule has 1 saturated carbocycles. The Labute approximate surface area is 219 Å². The summed E-state index contributed by atoms with van der Waals surface area (Å²) in [7, 11) is 1.54. The number of methoxy groups -OCH3 is 1. The highest BCUT2D eigenvalue weighted by Gasteiger charge is 2.33. The van der Waals surface area contributed by atoms with Gasteiger partial charge in [-0.2, -0.15) is 0 Å². The molecule has 0 amide bonds. The lowest BCUT2D eigenvalue weighted by Gasteiger charge is -2.30. The van der Waals surface area contributed by atoms with Crippen LogP contribution in [0.4, 0.5) is 0 Å². The third kappa shape index (κ3) is 6.19. The molecular weight excluding hydrogens is 507 g/mol. The average Bonchev–Trinajstić information content (AvgIpc) is 3.61. The van der Waals surface area contributed by atoms with Gasteiger partial charge in [0.2, 0.25) is 0 Å². The Balaban J connectivity index is 1.51. The molecule has 1 fully saturated rings. The second-order valence-corrected chi connectivity index (χ2v) is 9.64. The van der Waals surface area contributed by atoms with Crippen LogP contribution >= 0.6 is 23.2 Å². The molecule has 1 aliphatic rings. The highest BCUT2D eigenvalue weighted by molar-refractivity contribution is 6.42. The number of carbonyl (C=O) groups is 1. The molecule has 0 bridgehead atoms. The monoisotopic (exact) mass is 534 g/mol. The maximum atomic E-state index is 12.4. The minimum atomic E-state index is -0.961. The number of aromatic nitrogens is 1. The largest absolute Gasteiger partial charge is 0.494 e. The SMILES string of the molecule is COc1cc(CN(CC2CC2)[C@H](C(=O)O)c2ccc(Cl)c(Cl)c2)ccc1OCCn1c(O)ccc1O. The molecule has 0 saturated heterocycles. The minimum Gasteiger partial charge on any atom is -0.494 e. The molecule has 3 aromatic rings. The fraction of sp³-hybridized carbons (Fsp3) is 0.346. The fourth-order valence-electron chi connectivity index (χ4n) is 4.17. The summed E-state index contributed by atoms with van der Waals surface area (Å²) in [5.74, 6) is 0.396. The van der Waals surface area contributed by atoms with Crippen molar-refractivity contribution in [1.29, 1.82) is 0 Å². The van der Waals surface area contributed by atoms with Gasteiger partial charge < -0.3 is 24.8 Å². The first-order valence-corrected chi connectivity index (χ1v) is 12.3. The van der Waals surface area contributed by atoms with Crippen molar-refractivity contribution in [2.45, 2.75) is 32.0 Å². The van der Waals surface area contributed by atoms with Crippen molar-refractivity contribution >= 4 is 29.2 Å². The van der Waals surface area contributed by atoms with Crippen LogP contribution in [0.1, 0.15) is 30.0 Å². The molecule has 0 unspecified atom stereocenters. The Morgan fingerprint density at radius 1 is 1.06 bits per heavy atom. The number of benzene rings is 2. The smallest absolute Gasteiger partial charge is 0.325 e. The molecule has 10 heteroatoms. The number of carboxylic acids is 1. The summed E-state index contributed by atoms with van der Waals surface area (Å²) in [6.07, 6.45) is 2.15. The normalized spacial score (nSPS) is 14.1. The van der Waals surface area contributed by atoms with Crippen molar-refractivity contribution < 1.29 is 29.6 Å². The summed E-state index contributed by atoms with van der Waals surface area (Å²) in [5.41, 5.74) is 1.44. The molecule has 0 aliphatic heterocycles. The highest BCUT2D eigenvalue weighted by atomic mass is 35.5. The van der Waals surface area contributed by atoms with E-state index in [1.165, 1.54) is 23.8 Å². The maximum absolute atomic E-state index is 12.4. The van der Waals surface area contributed by atoms with E-state index in [0.717, 1.165) is 18.4 Å². The molecule has 1 aliphatic carbocycles. The van der Waals surface area contributed by atoms with Crippen molar-refractivity contribution in [3.8, 4) is 23.3 Å². The highest BCUT2D eigenvalue weighted by Crippen LogP contribution is 2.36. The van der Waals surface area contributed by atoms with E-state index in [1.54, 1.807) is 24.3 Å². The summed E-state index contributed by atoms with van der Waals surface area (Å²) in [6, 6.07) is 12.3. The van der Waals surface area contributed by atoms with Crippen LogP contribution in [0.15, 0.2) is 48.5 Å². The second kappa shape index (κ2) is 11.3. The van der Waals surface area contributed by atoms with Crippen molar-refractivity contribution in [2.75, 3.05) is 20.3 Å². The predicted molar refractivity (Wildman–Crippen MR) is 136 cm³/mol. The molecule has 1 atom stereocenters. The zero-order valence-corrected chi connectivity index (χ0v) is 21.2. The first-order valence-electron chi connectivity index (χ1n) is 11.6. The van der Waals surface area contributed by atoms with Crippen LogP contribution in [0, 0.1) is 5.92 Å². The van der Waals surface area contributed by atoms with E-state index in [0.29, 0.717) is 46.1 Å². The average molecular weight is 535 g/mol. The van der Waals surface area contributed by atoms with Gasteiger partial charge in [0, 0.05) is 25.2 Å². The molecule has 8 nitrogen and oxygen atoms in total. The summed E-state index contributed by atoms with van der Waals surface area (Å²) in [5, 5.41) is 30.4. The van der Waals surface area contributed by atoms with Gasteiger partial charge >= 0.3 is 5.97 Å². The van der Waals surface area contributed by atoms with Gasteiger partial charge in [-0.05, 0) is 54.2 Å². The second-order valence-electron chi connectivity index (χ2n) is 8.82. The Kier molecular flexibility index (Phi) is 8.18. The third-order valence-corrected chi connectivity index (χ3v) is 6.91. The molecule has 0 spiro atoms. The lowest BCUT2D eigenvalue weighted by molar-refractivity contribution is -0.144. The van der Waals surface area contributed by atoms with Gasteiger partial charge in [0.25, 0.3) is 0 Å². The Morgan fingerprint density at radius 3 is 2.39 bits per heavy atom. The number of carboxylic acid groups (broad SMARTS) is 1. The molecule has 2 aromatic carbocycles. The van der Waals surface area contributed by atoms with E-state index in [1.807, 2.05) is 17.0 Å². The molecular formula is C26H28Cl2N2O6. The first-order chi connectivity index (χ1) is 17.3. The number of halogens is 2. The van der Waals surface area contributed by atoms with Crippen LogP contribution in [-0.4, -0.2) is 51.0 Å². The number of rotatable bonds is 12. The summed E-state index contributed by atoms with van der Waals surface area (Å²) >= 11 is 12.2. The zero-order valence-electron chi connectivity index (χ0n) is 19.7. The first kappa shape index (κ1) is 26.0. The van der Waals surface area contributed by atoms with Crippen molar-refractivity contribution in [2.24, 2.45) is 5.92 Å². The van der Waals surface area contributed by atoms with E-state index in [9.17, 15) is 20.1 Å². The third-order valence-electron chi connectivity index (χ3n) is 6.17. The van der Waals surface area contributed by atoms with E-state index in [-0.39, 0.29) is 24.9 Å². The van der Waals surface area contributed by atoms with Crippen LogP contribution < -0.4 is 9.47 Å². The van der Waals surface area contributed by atoms with Gasteiger partial charge in [-0.3, -0.25) is 14.3 Å². The van der Waals surface area contributed by atoms with Crippen LogP contribution in [0.2, 0.25) is 10.0 Å². The number of aromatic hydroxyl groups is 2. The number of hydrogen-bond acceptors (Lipinski definition) is 6. The number of hydrogen-bond donors (Lipinski definition) is 3. The van der Waals surface area contributed by atoms with Crippen LogP contribution in [-0.2, 0) is 17.9 Å². The van der Waals surface area contributed by atoms with E-state index < -0.39 is 12.0 Å². The van der Waals surface area contributed by atoms with E-state index in [4.69, 9.17) is 32.7 Å². The van der Waals surface area contributed by atoms with E-state index >= 15 is 0 Å². The van der Waals surface area contributed by atoms with Crippen LogP contribution in [0.5, 0.6) is 23.3 Å². The molecule has 4 rings (SSSR count). The fourth-order valence-corrected chi connectivity index (χ4v) is 4.48. The van der Waals surface area contributed by atoms with Gasteiger partial charge in [-0.1, -0.05) is 35.3 Å². The molecule has 192 valence electrons. The Hall–Kier alpha value is -3.07. The summed E-state index contributed by atoms with van der Waals surface area (Å²) in [4.78, 5) is 14.3. The Morgan fingerprint density at radius 2 is 1.78 bits per heavy atom. The van der Waals surface area contributed by atoms with Gasteiger partial charge in [0.1, 0.15) is 12.6 Å².